The summed E-state index contributed by atoms with van der Waals surface area (Å²) < 4.78 is 15.3. The van der Waals surface area contributed by atoms with Crippen LogP contribution < -0.4 is 9.47 Å². The van der Waals surface area contributed by atoms with Crippen molar-refractivity contribution in [2.75, 3.05) is 21.3 Å². The average molecular weight is 338 g/mol. The van der Waals surface area contributed by atoms with Gasteiger partial charge in [0.25, 0.3) is 0 Å². The van der Waals surface area contributed by atoms with Gasteiger partial charge in [-0.1, -0.05) is 18.2 Å². The van der Waals surface area contributed by atoms with Crippen molar-refractivity contribution in [3.05, 3.63) is 53.3 Å². The monoisotopic (exact) mass is 338 g/mol. The first-order chi connectivity index (χ1) is 12.2. The van der Waals surface area contributed by atoms with E-state index in [1.807, 2.05) is 36.4 Å². The summed E-state index contributed by atoms with van der Waals surface area (Å²) in [5, 5.41) is 0. The van der Waals surface area contributed by atoms with Crippen LogP contribution >= 0.6 is 0 Å². The lowest BCUT2D eigenvalue weighted by Gasteiger charge is -2.07. The molecule has 0 bridgehead atoms. The minimum Gasteiger partial charge on any atom is -0.493 e. The third-order valence-electron chi connectivity index (χ3n) is 3.78. The molecule has 25 heavy (non-hydrogen) atoms. The lowest BCUT2D eigenvalue weighted by molar-refractivity contribution is 0.0603. The van der Waals surface area contributed by atoms with Crippen LogP contribution in [0.5, 0.6) is 11.5 Å². The zero-order valence-corrected chi connectivity index (χ0v) is 14.2. The molecule has 0 aliphatic heterocycles. The van der Waals surface area contributed by atoms with Crippen LogP contribution in [0.2, 0.25) is 0 Å². The van der Waals surface area contributed by atoms with E-state index in [0.717, 1.165) is 11.1 Å². The summed E-state index contributed by atoms with van der Waals surface area (Å²) in [5.74, 6) is 1.56. The molecule has 6 heteroatoms. The summed E-state index contributed by atoms with van der Waals surface area (Å²) in [5.41, 5.74) is 2.73. The number of ether oxygens (including phenoxy) is 3. The molecule has 0 atom stereocenters. The van der Waals surface area contributed by atoms with Gasteiger partial charge in [-0.2, -0.15) is 0 Å². The molecule has 0 radical (unpaired) electrons. The third-order valence-corrected chi connectivity index (χ3v) is 3.78. The number of imidazole rings is 1. The molecule has 6 nitrogen and oxygen atoms in total. The molecule has 1 aromatic heterocycles. The number of hydrogen-bond donors (Lipinski definition) is 1. The molecule has 3 aromatic rings. The number of carbonyl (C=O) groups excluding carboxylic acids is 1. The predicted octanol–water partition coefficient (Wildman–Crippen LogP) is 3.54. The van der Waals surface area contributed by atoms with Crippen molar-refractivity contribution in [1.82, 2.24) is 9.97 Å². The normalized spacial score (nSPS) is 11.0. The quantitative estimate of drug-likeness (QED) is 0.720. The highest BCUT2D eigenvalue weighted by Crippen LogP contribution is 2.28. The summed E-state index contributed by atoms with van der Waals surface area (Å²) in [4.78, 5) is 19.5. The van der Waals surface area contributed by atoms with Crippen LogP contribution in [-0.2, 0) is 4.74 Å². The van der Waals surface area contributed by atoms with E-state index in [0.29, 0.717) is 28.4 Å². The van der Waals surface area contributed by atoms with Crippen molar-refractivity contribution in [1.29, 1.82) is 0 Å². The van der Waals surface area contributed by atoms with E-state index in [1.54, 1.807) is 26.4 Å². The van der Waals surface area contributed by atoms with Gasteiger partial charge in [0.1, 0.15) is 11.3 Å². The number of aromatic nitrogens is 2. The van der Waals surface area contributed by atoms with E-state index in [-0.39, 0.29) is 0 Å². The molecule has 128 valence electrons. The summed E-state index contributed by atoms with van der Waals surface area (Å²) in [7, 11) is 4.55. The first-order valence-corrected chi connectivity index (χ1v) is 7.63. The first-order valence-electron chi connectivity index (χ1n) is 7.63. The topological polar surface area (TPSA) is 73.4 Å². The van der Waals surface area contributed by atoms with Crippen molar-refractivity contribution in [3.8, 4) is 11.5 Å². The van der Waals surface area contributed by atoms with Crippen LogP contribution in [0.4, 0.5) is 0 Å². The van der Waals surface area contributed by atoms with Gasteiger partial charge in [0.05, 0.1) is 32.4 Å². The Morgan fingerprint density at radius 3 is 2.56 bits per heavy atom. The lowest BCUT2D eigenvalue weighted by atomic mass is 10.2. The number of fused-ring (bicyclic) bond motifs is 1. The standard InChI is InChI=1S/C19H18N2O4/c1-23-15-9-7-12(11-16(15)24-2)8-10-17-20-14-6-4-5-13(18(14)21-17)19(22)25-3/h4-11H,1-3H3,(H,20,21)/b10-8+. The van der Waals surface area contributed by atoms with Gasteiger partial charge in [-0.25, -0.2) is 9.78 Å². The zero-order chi connectivity index (χ0) is 17.8. The Labute approximate surface area is 145 Å². The van der Waals surface area contributed by atoms with Crippen molar-refractivity contribution >= 4 is 29.2 Å². The number of H-pyrrole nitrogens is 1. The number of methoxy groups -OCH3 is 3. The van der Waals surface area contributed by atoms with E-state index in [2.05, 4.69) is 9.97 Å². The Morgan fingerprint density at radius 1 is 1.04 bits per heavy atom. The van der Waals surface area contributed by atoms with Crippen LogP contribution in [0.3, 0.4) is 0 Å². The molecule has 0 saturated heterocycles. The van der Waals surface area contributed by atoms with Crippen LogP contribution in [0.15, 0.2) is 36.4 Å². The summed E-state index contributed by atoms with van der Waals surface area (Å²) in [6.07, 6.45) is 3.74. The third kappa shape index (κ3) is 3.33. The number of nitrogens with one attached hydrogen (secondary N) is 1. The molecule has 3 rings (SSSR count). The molecule has 0 aliphatic rings. The van der Waals surface area contributed by atoms with Gasteiger partial charge in [0.15, 0.2) is 11.5 Å². The van der Waals surface area contributed by atoms with Crippen molar-refractivity contribution in [2.24, 2.45) is 0 Å². The molecule has 0 saturated carbocycles. The van der Waals surface area contributed by atoms with Gasteiger partial charge in [-0.3, -0.25) is 0 Å². The highest BCUT2D eigenvalue weighted by molar-refractivity contribution is 6.02. The summed E-state index contributed by atoms with van der Waals surface area (Å²) >= 11 is 0. The highest BCUT2D eigenvalue weighted by atomic mass is 16.5. The number of para-hydroxylation sites is 1. The van der Waals surface area contributed by atoms with Crippen molar-refractivity contribution in [3.63, 3.8) is 0 Å². The maximum atomic E-state index is 11.8. The second-order valence-corrected chi connectivity index (χ2v) is 5.26. The van der Waals surface area contributed by atoms with Crippen LogP contribution in [0.1, 0.15) is 21.7 Å². The molecular formula is C19H18N2O4. The number of benzene rings is 2. The molecule has 0 aliphatic carbocycles. The van der Waals surface area contributed by atoms with Gasteiger partial charge in [-0.05, 0) is 35.9 Å². The summed E-state index contributed by atoms with van der Waals surface area (Å²) in [6, 6.07) is 11.0. The second-order valence-electron chi connectivity index (χ2n) is 5.26. The lowest BCUT2D eigenvalue weighted by Crippen LogP contribution is -2.01. The maximum absolute atomic E-state index is 11.8. The Morgan fingerprint density at radius 2 is 1.84 bits per heavy atom. The van der Waals surface area contributed by atoms with E-state index < -0.39 is 5.97 Å². The minimum atomic E-state index is -0.410. The number of hydrogen-bond acceptors (Lipinski definition) is 5. The zero-order valence-electron chi connectivity index (χ0n) is 14.2. The smallest absolute Gasteiger partial charge is 0.340 e. The van der Waals surface area contributed by atoms with E-state index in [1.165, 1.54) is 7.11 Å². The number of aromatic amines is 1. The van der Waals surface area contributed by atoms with Gasteiger partial charge in [0.2, 0.25) is 0 Å². The number of carbonyl (C=O) groups is 1. The van der Waals surface area contributed by atoms with Crippen LogP contribution in [0.25, 0.3) is 23.2 Å². The van der Waals surface area contributed by atoms with Crippen molar-refractivity contribution < 1.29 is 19.0 Å². The van der Waals surface area contributed by atoms with Gasteiger partial charge in [-0.15, -0.1) is 0 Å². The fourth-order valence-corrected chi connectivity index (χ4v) is 2.54. The van der Waals surface area contributed by atoms with Gasteiger partial charge in [0, 0.05) is 0 Å². The molecule has 2 aromatic carbocycles. The number of rotatable bonds is 5. The fraction of sp³-hybridized carbons (Fsp3) is 0.158. The largest absolute Gasteiger partial charge is 0.493 e. The Kier molecular flexibility index (Phi) is 4.70. The highest BCUT2D eigenvalue weighted by Gasteiger charge is 2.13. The Bertz CT molecular complexity index is 944. The molecule has 1 heterocycles. The Hall–Kier alpha value is -3.28. The molecule has 0 unspecified atom stereocenters. The minimum absolute atomic E-state index is 0.410. The Balaban J connectivity index is 1.93. The van der Waals surface area contributed by atoms with Gasteiger partial charge < -0.3 is 19.2 Å². The van der Waals surface area contributed by atoms with Gasteiger partial charge >= 0.3 is 5.97 Å². The number of nitrogens with zero attached hydrogens (tertiary/aromatic N) is 1. The van der Waals surface area contributed by atoms with Crippen molar-refractivity contribution in [2.45, 2.75) is 0 Å². The SMILES string of the molecule is COC(=O)c1cccc2[nH]c(/C=C/c3ccc(OC)c(OC)c3)nc12. The van der Waals surface area contributed by atoms with E-state index in [4.69, 9.17) is 14.2 Å². The van der Waals surface area contributed by atoms with Crippen LogP contribution in [-0.4, -0.2) is 37.3 Å². The summed E-state index contributed by atoms with van der Waals surface area (Å²) in [6.45, 7) is 0. The molecule has 0 fully saturated rings. The van der Waals surface area contributed by atoms with E-state index >= 15 is 0 Å². The maximum Gasteiger partial charge on any atom is 0.340 e. The van der Waals surface area contributed by atoms with Crippen LogP contribution in [0, 0.1) is 0 Å². The molecule has 0 amide bonds. The second kappa shape index (κ2) is 7.09. The molecule has 0 spiro atoms. The fourth-order valence-electron chi connectivity index (χ4n) is 2.54. The number of esters is 1. The molecular weight excluding hydrogens is 320 g/mol. The molecule has 1 N–H and O–H groups in total. The van der Waals surface area contributed by atoms with E-state index in [9.17, 15) is 4.79 Å². The first kappa shape index (κ1) is 16.6. The average Bonchev–Trinajstić information content (AvgIpc) is 3.08. The predicted molar refractivity (Wildman–Crippen MR) is 95.9 cm³/mol.